The van der Waals surface area contributed by atoms with Crippen LogP contribution in [0, 0.1) is 6.92 Å². The number of pyridine rings is 1. The Morgan fingerprint density at radius 3 is 2.88 bits per heavy atom. The van der Waals surface area contributed by atoms with Gasteiger partial charge >= 0.3 is 6.03 Å². The number of thiazole rings is 1. The topological polar surface area (TPSA) is 72.7 Å². The van der Waals surface area contributed by atoms with Crippen molar-refractivity contribution in [2.24, 2.45) is 0 Å². The lowest BCUT2D eigenvalue weighted by Gasteiger charge is -2.01. The van der Waals surface area contributed by atoms with E-state index in [4.69, 9.17) is 0 Å². The molecular weight excluding hydrogens is 322 g/mol. The quantitative estimate of drug-likeness (QED) is 0.602. The van der Waals surface area contributed by atoms with Crippen molar-refractivity contribution in [3.8, 4) is 11.1 Å². The normalized spacial score (nSPS) is 10.9. The lowest BCUT2D eigenvalue weighted by molar-refractivity contribution is 0.253. The zero-order chi connectivity index (χ0) is 16.5. The number of aryl methyl sites for hydroxylation is 1. The molecule has 1 N–H and O–H groups in total. The van der Waals surface area contributed by atoms with Gasteiger partial charge in [0.25, 0.3) is 0 Å². The Kier molecular flexibility index (Phi) is 3.55. The number of carbonyl (C=O) groups excluding carboxylic acids is 1. The molecule has 0 saturated heterocycles. The fraction of sp³-hybridized carbons (Fsp3) is 0.0588. The predicted molar refractivity (Wildman–Crippen MR) is 94.2 cm³/mol. The number of amides is 1. The number of hydrogen-bond acceptors (Lipinski definition) is 5. The van der Waals surface area contributed by atoms with Gasteiger partial charge in [0.15, 0.2) is 5.13 Å². The van der Waals surface area contributed by atoms with Gasteiger partial charge in [-0.05, 0) is 36.2 Å². The minimum atomic E-state index is -0.283. The first-order valence-corrected chi connectivity index (χ1v) is 8.12. The summed E-state index contributed by atoms with van der Waals surface area (Å²) in [5.41, 5.74) is 4.11. The summed E-state index contributed by atoms with van der Waals surface area (Å²) in [6.07, 6.45) is 8.27. The Labute approximate surface area is 141 Å². The standard InChI is InChI=1S/C17H13N5OS/c1-11-6-13(9-19-8-11)12-2-3-14-15(7-12)24-16(20-14)21-17(23)22-5-4-18-10-22/h2-10H,1H3,(H,20,21,23). The van der Waals surface area contributed by atoms with Crippen LogP contribution >= 0.6 is 11.3 Å². The zero-order valence-electron chi connectivity index (χ0n) is 12.8. The van der Waals surface area contributed by atoms with Crippen LogP contribution in [0.5, 0.6) is 0 Å². The van der Waals surface area contributed by atoms with Gasteiger partial charge in [-0.1, -0.05) is 17.4 Å². The van der Waals surface area contributed by atoms with E-state index in [-0.39, 0.29) is 6.03 Å². The van der Waals surface area contributed by atoms with Crippen molar-refractivity contribution < 1.29 is 4.79 Å². The molecule has 3 heterocycles. The van der Waals surface area contributed by atoms with Crippen LogP contribution in [0.4, 0.5) is 9.93 Å². The van der Waals surface area contributed by atoms with Crippen LogP contribution in [-0.4, -0.2) is 25.6 Å². The fourth-order valence-corrected chi connectivity index (χ4v) is 3.30. The summed E-state index contributed by atoms with van der Waals surface area (Å²) < 4.78 is 2.38. The minimum absolute atomic E-state index is 0.283. The molecule has 3 aromatic heterocycles. The monoisotopic (exact) mass is 335 g/mol. The van der Waals surface area contributed by atoms with Crippen molar-refractivity contribution in [2.45, 2.75) is 6.92 Å². The van der Waals surface area contributed by atoms with Crippen LogP contribution in [0.1, 0.15) is 5.56 Å². The summed E-state index contributed by atoms with van der Waals surface area (Å²) in [6.45, 7) is 2.02. The molecule has 0 atom stereocenters. The lowest BCUT2D eigenvalue weighted by Crippen LogP contribution is -2.17. The van der Waals surface area contributed by atoms with Gasteiger partial charge in [-0.15, -0.1) is 0 Å². The molecule has 0 unspecified atom stereocenters. The molecule has 0 aliphatic heterocycles. The third kappa shape index (κ3) is 2.77. The molecule has 0 saturated carbocycles. The molecule has 0 spiro atoms. The van der Waals surface area contributed by atoms with E-state index in [0.29, 0.717) is 5.13 Å². The molecule has 4 aromatic rings. The van der Waals surface area contributed by atoms with Gasteiger partial charge in [0.1, 0.15) is 6.33 Å². The summed E-state index contributed by atoms with van der Waals surface area (Å²) in [5, 5.41) is 3.34. The van der Waals surface area contributed by atoms with Gasteiger partial charge in [0, 0.05) is 30.4 Å². The smallest absolute Gasteiger partial charge is 0.283 e. The molecule has 0 bridgehead atoms. The first-order valence-electron chi connectivity index (χ1n) is 7.31. The number of aromatic nitrogens is 4. The zero-order valence-corrected chi connectivity index (χ0v) is 13.6. The van der Waals surface area contributed by atoms with E-state index in [1.54, 1.807) is 12.4 Å². The number of anilines is 1. The number of imidazole rings is 1. The van der Waals surface area contributed by atoms with Crippen LogP contribution in [0.25, 0.3) is 21.3 Å². The van der Waals surface area contributed by atoms with Gasteiger partial charge in [-0.25, -0.2) is 14.8 Å². The summed E-state index contributed by atoms with van der Waals surface area (Å²) >= 11 is 1.44. The highest BCUT2D eigenvalue weighted by molar-refractivity contribution is 7.22. The lowest BCUT2D eigenvalue weighted by atomic mass is 10.1. The number of nitrogens with zero attached hydrogens (tertiary/aromatic N) is 4. The average Bonchev–Trinajstić information content (AvgIpc) is 3.23. The van der Waals surface area contributed by atoms with Crippen LogP contribution in [0.2, 0.25) is 0 Å². The molecule has 1 aromatic carbocycles. The number of rotatable bonds is 2. The van der Waals surface area contributed by atoms with E-state index < -0.39 is 0 Å². The first-order chi connectivity index (χ1) is 11.7. The van der Waals surface area contributed by atoms with Crippen molar-refractivity contribution >= 4 is 32.7 Å². The molecule has 0 aliphatic rings. The van der Waals surface area contributed by atoms with Crippen molar-refractivity contribution in [3.63, 3.8) is 0 Å². The van der Waals surface area contributed by atoms with E-state index in [2.05, 4.69) is 32.4 Å². The molecule has 0 aliphatic carbocycles. The number of fused-ring (bicyclic) bond motifs is 1. The van der Waals surface area contributed by atoms with Crippen molar-refractivity contribution in [1.29, 1.82) is 0 Å². The van der Waals surface area contributed by atoms with Crippen LogP contribution in [0.3, 0.4) is 0 Å². The van der Waals surface area contributed by atoms with Crippen molar-refractivity contribution in [2.75, 3.05) is 5.32 Å². The second-order valence-electron chi connectivity index (χ2n) is 5.35. The maximum absolute atomic E-state index is 12.0. The molecule has 0 radical (unpaired) electrons. The average molecular weight is 335 g/mol. The Bertz CT molecular complexity index is 1020. The third-order valence-electron chi connectivity index (χ3n) is 3.55. The molecule has 6 nitrogen and oxygen atoms in total. The Hall–Kier alpha value is -3.06. The highest BCUT2D eigenvalue weighted by atomic mass is 32.1. The number of nitrogens with one attached hydrogen (secondary N) is 1. The number of carbonyl (C=O) groups is 1. The highest BCUT2D eigenvalue weighted by Gasteiger charge is 2.10. The van der Waals surface area contributed by atoms with Gasteiger partial charge in [0.05, 0.1) is 10.2 Å². The van der Waals surface area contributed by atoms with Crippen LogP contribution in [-0.2, 0) is 0 Å². The maximum Gasteiger partial charge on any atom is 0.333 e. The molecule has 24 heavy (non-hydrogen) atoms. The van der Waals surface area contributed by atoms with Gasteiger partial charge in [0.2, 0.25) is 0 Å². The highest BCUT2D eigenvalue weighted by Crippen LogP contribution is 2.30. The third-order valence-corrected chi connectivity index (χ3v) is 4.48. The maximum atomic E-state index is 12.0. The second-order valence-corrected chi connectivity index (χ2v) is 6.38. The van der Waals surface area contributed by atoms with E-state index in [9.17, 15) is 4.79 Å². The largest absolute Gasteiger partial charge is 0.333 e. The number of hydrogen-bond donors (Lipinski definition) is 1. The summed E-state index contributed by atoms with van der Waals surface area (Å²) in [6, 6.07) is 7.85. The molecule has 0 fully saturated rings. The van der Waals surface area contributed by atoms with Gasteiger partial charge < -0.3 is 0 Å². The van der Waals surface area contributed by atoms with E-state index in [1.807, 2.05) is 31.5 Å². The molecule has 1 amide bonds. The Morgan fingerprint density at radius 2 is 2.08 bits per heavy atom. The van der Waals surface area contributed by atoms with Crippen molar-refractivity contribution in [1.82, 2.24) is 19.5 Å². The fourth-order valence-electron chi connectivity index (χ4n) is 2.41. The van der Waals surface area contributed by atoms with Crippen LogP contribution < -0.4 is 5.32 Å². The van der Waals surface area contributed by atoms with Crippen LogP contribution in [0.15, 0.2) is 55.4 Å². The number of benzene rings is 1. The SMILES string of the molecule is Cc1cncc(-c2ccc3nc(NC(=O)n4ccnc4)sc3c2)c1. The Balaban J connectivity index is 1.65. The summed E-state index contributed by atoms with van der Waals surface area (Å²) in [7, 11) is 0. The molecular formula is C17H13N5OS. The van der Waals surface area contributed by atoms with Gasteiger partial charge in [-0.3, -0.25) is 14.9 Å². The van der Waals surface area contributed by atoms with E-state index in [0.717, 1.165) is 26.9 Å². The van der Waals surface area contributed by atoms with E-state index in [1.165, 1.54) is 22.2 Å². The Morgan fingerprint density at radius 1 is 1.17 bits per heavy atom. The predicted octanol–water partition coefficient (Wildman–Crippen LogP) is 3.94. The molecule has 118 valence electrons. The summed E-state index contributed by atoms with van der Waals surface area (Å²) in [4.78, 5) is 24.6. The van der Waals surface area contributed by atoms with Gasteiger partial charge in [-0.2, -0.15) is 0 Å². The van der Waals surface area contributed by atoms with E-state index >= 15 is 0 Å². The van der Waals surface area contributed by atoms with Crippen molar-refractivity contribution in [3.05, 3.63) is 60.9 Å². The minimum Gasteiger partial charge on any atom is -0.283 e. The molecule has 7 heteroatoms. The molecule has 4 rings (SSSR count). The second kappa shape index (κ2) is 5.86. The summed E-state index contributed by atoms with van der Waals surface area (Å²) in [5.74, 6) is 0. The first kappa shape index (κ1) is 14.5.